The molecule has 0 bridgehead atoms. The number of halogens is 2. The molecule has 0 atom stereocenters. The van der Waals surface area contributed by atoms with Gasteiger partial charge in [0.05, 0.1) is 37.0 Å². The topological polar surface area (TPSA) is 72.2 Å². The largest absolute Gasteiger partial charge is 0.384 e. The van der Waals surface area contributed by atoms with E-state index in [0.29, 0.717) is 32.1 Å². The van der Waals surface area contributed by atoms with Crippen LogP contribution in [-0.4, -0.2) is 28.8 Å². The molecule has 0 aliphatic carbocycles. The Hall–Kier alpha value is -2.16. The number of sulfone groups is 1. The minimum absolute atomic E-state index is 0.0435. The lowest BCUT2D eigenvalue weighted by atomic mass is 10.1. The molecular weight excluding hydrogens is 499 g/mol. The Morgan fingerprint density at radius 1 is 1.03 bits per heavy atom. The number of aromatic nitrogens is 2. The first-order chi connectivity index (χ1) is 15.5. The van der Waals surface area contributed by atoms with Gasteiger partial charge >= 0.3 is 0 Å². The lowest BCUT2D eigenvalue weighted by molar-refractivity contribution is 0.0743. The van der Waals surface area contributed by atoms with Crippen LogP contribution in [0.25, 0.3) is 26.8 Å². The fourth-order valence-electron chi connectivity index (χ4n) is 3.36. The minimum Gasteiger partial charge on any atom is -0.384 e. The number of rotatable bonds is 6. The van der Waals surface area contributed by atoms with Gasteiger partial charge in [-0.1, -0.05) is 48.3 Å². The van der Waals surface area contributed by atoms with E-state index in [0.717, 1.165) is 15.3 Å². The Morgan fingerprint density at radius 2 is 1.67 bits per heavy atom. The van der Waals surface area contributed by atoms with E-state index in [2.05, 4.69) is 0 Å². The molecule has 0 spiro atoms. The molecule has 0 aliphatic rings. The third kappa shape index (κ3) is 4.74. The van der Waals surface area contributed by atoms with Crippen LogP contribution < -0.4 is 0 Å². The molecule has 0 amide bonds. The third-order valence-electron chi connectivity index (χ3n) is 5.20. The van der Waals surface area contributed by atoms with E-state index in [9.17, 15) is 13.5 Å². The maximum atomic E-state index is 12.3. The van der Waals surface area contributed by atoms with Gasteiger partial charge in [0.1, 0.15) is 5.60 Å². The molecule has 33 heavy (non-hydrogen) atoms. The molecule has 9 heteroatoms. The van der Waals surface area contributed by atoms with Gasteiger partial charge in [0.15, 0.2) is 15.7 Å². The molecule has 4 rings (SSSR count). The second-order valence-corrected chi connectivity index (χ2v) is 12.2. The van der Waals surface area contributed by atoms with Crippen molar-refractivity contribution in [2.75, 3.05) is 5.75 Å². The molecule has 0 fully saturated rings. The average molecular weight is 521 g/mol. The summed E-state index contributed by atoms with van der Waals surface area (Å²) in [7, 11) is -3.31. The summed E-state index contributed by atoms with van der Waals surface area (Å²) in [5.74, 6) is 0.623. The molecule has 0 saturated heterocycles. The molecule has 172 valence electrons. The summed E-state index contributed by atoms with van der Waals surface area (Å²) in [5, 5.41) is 11.5. The van der Waals surface area contributed by atoms with Crippen LogP contribution in [0.1, 0.15) is 26.5 Å². The summed E-state index contributed by atoms with van der Waals surface area (Å²) in [6, 6.07) is 16.0. The van der Waals surface area contributed by atoms with Crippen molar-refractivity contribution in [2.45, 2.75) is 31.3 Å². The zero-order chi connectivity index (χ0) is 24.0. The smallest absolute Gasteiger partial charge is 0.178 e. The Bertz CT molecular complexity index is 1410. The van der Waals surface area contributed by atoms with Crippen molar-refractivity contribution in [3.63, 3.8) is 0 Å². The maximum absolute atomic E-state index is 12.3. The van der Waals surface area contributed by atoms with E-state index in [1.54, 1.807) is 67.9 Å². The molecule has 2 aromatic heterocycles. The monoisotopic (exact) mass is 520 g/mol. The Kier molecular flexibility index (Phi) is 6.46. The quantitative estimate of drug-likeness (QED) is 0.311. The standard InChI is InChI=1S/C24H22Cl2N2O3S2/c1-4-33(30,31)16-8-5-7-15(13-16)19-11-12-20(32-19)23-27-21(24(2,3)29)14-28(23)22-17(25)9-6-10-18(22)26/h5-14,29H,4H2,1-3H3. The van der Waals surface area contributed by atoms with Gasteiger partial charge in [-0.2, -0.15) is 0 Å². The second kappa shape index (κ2) is 8.89. The van der Waals surface area contributed by atoms with Gasteiger partial charge in [0.25, 0.3) is 0 Å². The lowest BCUT2D eigenvalue weighted by Crippen LogP contribution is -2.15. The predicted octanol–water partition coefficient (Wildman–Crippen LogP) is 6.60. The summed E-state index contributed by atoms with van der Waals surface area (Å²) < 4.78 is 26.4. The van der Waals surface area contributed by atoms with Crippen LogP contribution in [0.3, 0.4) is 0 Å². The van der Waals surface area contributed by atoms with Gasteiger partial charge in [-0.05, 0) is 55.8 Å². The molecule has 0 aliphatic heterocycles. The molecule has 2 heterocycles. The number of hydrogen-bond acceptors (Lipinski definition) is 5. The zero-order valence-corrected chi connectivity index (χ0v) is 21.4. The van der Waals surface area contributed by atoms with Crippen LogP contribution in [0, 0.1) is 0 Å². The van der Waals surface area contributed by atoms with Gasteiger partial charge in [0, 0.05) is 11.1 Å². The molecule has 0 unspecified atom stereocenters. The van der Waals surface area contributed by atoms with E-state index in [-0.39, 0.29) is 5.75 Å². The SMILES string of the molecule is CCS(=O)(=O)c1cccc(-c2ccc(-c3nc(C(C)(C)O)cn3-c3c(Cl)cccc3Cl)s2)c1. The van der Waals surface area contributed by atoms with Crippen LogP contribution in [0.15, 0.2) is 65.7 Å². The van der Waals surface area contributed by atoms with Crippen LogP contribution in [0.2, 0.25) is 10.0 Å². The van der Waals surface area contributed by atoms with Crippen molar-refractivity contribution in [1.82, 2.24) is 9.55 Å². The number of thiophene rings is 1. The van der Waals surface area contributed by atoms with E-state index >= 15 is 0 Å². The highest BCUT2D eigenvalue weighted by Crippen LogP contribution is 2.39. The maximum Gasteiger partial charge on any atom is 0.178 e. The van der Waals surface area contributed by atoms with Crippen LogP contribution >= 0.6 is 34.5 Å². The molecular formula is C24H22Cl2N2O3S2. The number of nitrogens with zero attached hydrogens (tertiary/aromatic N) is 2. The van der Waals surface area contributed by atoms with Crippen molar-refractivity contribution in [2.24, 2.45) is 0 Å². The molecule has 5 nitrogen and oxygen atoms in total. The van der Waals surface area contributed by atoms with Gasteiger partial charge in [-0.3, -0.25) is 4.57 Å². The van der Waals surface area contributed by atoms with Crippen molar-refractivity contribution in [3.8, 4) is 26.8 Å². The zero-order valence-electron chi connectivity index (χ0n) is 18.2. The molecule has 0 radical (unpaired) electrons. The number of hydrogen-bond donors (Lipinski definition) is 1. The van der Waals surface area contributed by atoms with Crippen LogP contribution in [0.5, 0.6) is 0 Å². The van der Waals surface area contributed by atoms with Gasteiger partial charge in [-0.25, -0.2) is 13.4 Å². The second-order valence-electron chi connectivity index (χ2n) is 8.04. The fourth-order valence-corrected chi connectivity index (χ4v) is 5.86. The van der Waals surface area contributed by atoms with Gasteiger partial charge < -0.3 is 5.11 Å². The van der Waals surface area contributed by atoms with E-state index in [1.807, 2.05) is 18.2 Å². The summed E-state index contributed by atoms with van der Waals surface area (Å²) in [6.07, 6.45) is 1.73. The Morgan fingerprint density at radius 3 is 2.30 bits per heavy atom. The van der Waals surface area contributed by atoms with Crippen LogP contribution in [-0.2, 0) is 15.4 Å². The number of imidazole rings is 1. The molecule has 1 N–H and O–H groups in total. The highest BCUT2D eigenvalue weighted by Gasteiger charge is 2.25. The Balaban J connectivity index is 1.85. The normalized spacial score (nSPS) is 12.3. The fraction of sp³-hybridized carbons (Fsp3) is 0.208. The molecule has 2 aromatic carbocycles. The summed E-state index contributed by atoms with van der Waals surface area (Å²) in [6.45, 7) is 4.96. The van der Waals surface area contributed by atoms with Crippen molar-refractivity contribution >= 4 is 44.4 Å². The number of benzene rings is 2. The number of aliphatic hydroxyl groups is 1. The molecule has 4 aromatic rings. The van der Waals surface area contributed by atoms with Crippen molar-refractivity contribution in [1.29, 1.82) is 0 Å². The molecule has 0 saturated carbocycles. The van der Waals surface area contributed by atoms with E-state index in [4.69, 9.17) is 28.2 Å². The van der Waals surface area contributed by atoms with Crippen molar-refractivity contribution in [3.05, 3.63) is 76.5 Å². The first-order valence-electron chi connectivity index (χ1n) is 10.2. The predicted molar refractivity (Wildman–Crippen MR) is 135 cm³/mol. The van der Waals surface area contributed by atoms with E-state index in [1.165, 1.54) is 11.3 Å². The summed E-state index contributed by atoms with van der Waals surface area (Å²) in [4.78, 5) is 6.71. The van der Waals surface area contributed by atoms with Crippen LogP contribution in [0.4, 0.5) is 0 Å². The Labute approximate surface area is 207 Å². The van der Waals surface area contributed by atoms with E-state index < -0.39 is 15.4 Å². The number of para-hydroxylation sites is 1. The minimum atomic E-state index is -3.31. The summed E-state index contributed by atoms with van der Waals surface area (Å²) >= 11 is 14.4. The first-order valence-corrected chi connectivity index (χ1v) is 13.4. The lowest BCUT2D eigenvalue weighted by Gasteiger charge is -2.13. The average Bonchev–Trinajstić information content (AvgIpc) is 3.41. The van der Waals surface area contributed by atoms with Gasteiger partial charge in [-0.15, -0.1) is 11.3 Å². The third-order valence-corrected chi connectivity index (χ3v) is 8.67. The van der Waals surface area contributed by atoms with Crippen molar-refractivity contribution < 1.29 is 13.5 Å². The highest BCUT2D eigenvalue weighted by atomic mass is 35.5. The highest BCUT2D eigenvalue weighted by molar-refractivity contribution is 7.91. The van der Waals surface area contributed by atoms with Gasteiger partial charge in [0.2, 0.25) is 0 Å². The first kappa shape index (κ1) is 24.0. The summed E-state index contributed by atoms with van der Waals surface area (Å²) in [5.41, 5.74) is 0.679.